The molecule has 5 heterocycles. The van der Waals surface area contributed by atoms with Gasteiger partial charge in [-0.3, -0.25) is 19.1 Å². The molecule has 10 nitrogen and oxygen atoms in total. The monoisotopic (exact) mass is 490 g/mol. The molecule has 1 saturated heterocycles. The van der Waals surface area contributed by atoms with Crippen molar-refractivity contribution in [2.75, 3.05) is 18.0 Å². The SMILES string of the molecule is Cc1cc(N2CC(C(=O)CCCc3ccncc3)C2)nc2c1c(=O)c(C(=O)O)cn2-c1ncns1. The van der Waals surface area contributed by atoms with Gasteiger partial charge in [-0.2, -0.15) is 4.37 Å². The van der Waals surface area contributed by atoms with Crippen LogP contribution in [0.4, 0.5) is 5.82 Å². The number of pyridine rings is 3. The topological polar surface area (TPSA) is 131 Å². The van der Waals surface area contributed by atoms with Gasteiger partial charge in [0.1, 0.15) is 23.5 Å². The third-order valence-corrected chi connectivity index (χ3v) is 6.89. The molecule has 0 radical (unpaired) electrons. The fraction of sp³-hybridized carbons (Fsp3) is 0.292. The van der Waals surface area contributed by atoms with E-state index in [1.807, 2.05) is 17.0 Å². The van der Waals surface area contributed by atoms with Gasteiger partial charge in [-0.1, -0.05) is 0 Å². The van der Waals surface area contributed by atoms with E-state index in [1.165, 1.54) is 22.7 Å². The van der Waals surface area contributed by atoms with Crippen LogP contribution in [0, 0.1) is 12.8 Å². The summed E-state index contributed by atoms with van der Waals surface area (Å²) in [6, 6.07) is 5.69. The van der Waals surface area contributed by atoms with Crippen LogP contribution in [-0.4, -0.2) is 53.8 Å². The van der Waals surface area contributed by atoms with Crippen molar-refractivity contribution in [2.45, 2.75) is 26.2 Å². The lowest BCUT2D eigenvalue weighted by molar-refractivity contribution is -0.123. The Bertz CT molecular complexity index is 1460. The lowest BCUT2D eigenvalue weighted by Crippen LogP contribution is -2.51. The summed E-state index contributed by atoms with van der Waals surface area (Å²) in [6.45, 7) is 2.87. The highest BCUT2D eigenvalue weighted by molar-refractivity contribution is 7.08. The van der Waals surface area contributed by atoms with E-state index >= 15 is 0 Å². The quantitative estimate of drug-likeness (QED) is 0.396. The van der Waals surface area contributed by atoms with Gasteiger partial charge in [0, 0.05) is 49.6 Å². The highest BCUT2D eigenvalue weighted by atomic mass is 32.1. The van der Waals surface area contributed by atoms with Crippen molar-refractivity contribution >= 4 is 40.1 Å². The number of rotatable bonds is 8. The normalized spacial score (nSPS) is 13.7. The van der Waals surface area contributed by atoms with E-state index in [2.05, 4.69) is 19.3 Å². The Balaban J connectivity index is 1.36. The molecule has 1 N–H and O–H groups in total. The van der Waals surface area contributed by atoms with Crippen LogP contribution in [-0.2, 0) is 11.2 Å². The number of fused-ring (bicyclic) bond motifs is 1. The molecule has 0 aliphatic carbocycles. The molecule has 1 aliphatic heterocycles. The summed E-state index contributed by atoms with van der Waals surface area (Å²) < 4.78 is 5.48. The van der Waals surface area contributed by atoms with Crippen LogP contribution >= 0.6 is 11.5 Å². The molecule has 1 aliphatic rings. The molecular formula is C24H22N6O4S. The number of hydrogen-bond donors (Lipinski definition) is 1. The van der Waals surface area contributed by atoms with E-state index in [1.54, 1.807) is 25.4 Å². The number of ketones is 1. The molecule has 4 aromatic rings. The first-order valence-corrected chi connectivity index (χ1v) is 11.9. The standard InChI is InChI=1S/C24H22N6O4S/c1-14-9-19(29-10-16(11-29)18(31)4-2-3-15-5-7-25-8-6-15)28-22-20(14)21(32)17(23(33)34)12-30(22)24-26-13-27-35-24/h5-9,12-13,16H,2-4,10-11H2,1H3,(H,33,34). The Labute approximate surface area is 204 Å². The van der Waals surface area contributed by atoms with Crippen molar-refractivity contribution in [1.29, 1.82) is 0 Å². The molecule has 1 fully saturated rings. The van der Waals surface area contributed by atoms with Crippen LogP contribution in [0.1, 0.15) is 34.3 Å². The number of carbonyl (C=O) groups is 2. The van der Waals surface area contributed by atoms with Gasteiger partial charge in [-0.25, -0.2) is 14.8 Å². The number of carboxylic acids is 1. The van der Waals surface area contributed by atoms with Gasteiger partial charge in [0.2, 0.25) is 10.6 Å². The van der Waals surface area contributed by atoms with Crippen LogP contribution in [0.25, 0.3) is 16.2 Å². The Morgan fingerprint density at radius 2 is 2.00 bits per heavy atom. The fourth-order valence-electron chi connectivity index (χ4n) is 4.30. The van der Waals surface area contributed by atoms with Gasteiger partial charge < -0.3 is 10.0 Å². The summed E-state index contributed by atoms with van der Waals surface area (Å²) in [5, 5.41) is 10.2. The summed E-state index contributed by atoms with van der Waals surface area (Å²) in [5.41, 5.74) is 1.16. The zero-order valence-corrected chi connectivity index (χ0v) is 19.7. The molecule has 0 saturated carbocycles. The predicted octanol–water partition coefficient (Wildman–Crippen LogP) is 2.67. The molecule has 0 bridgehead atoms. The zero-order chi connectivity index (χ0) is 24.5. The second-order valence-corrected chi connectivity index (χ2v) is 9.30. The summed E-state index contributed by atoms with van der Waals surface area (Å²) >= 11 is 1.07. The molecule has 11 heteroatoms. The van der Waals surface area contributed by atoms with Gasteiger partial charge in [-0.05, 0) is 49.1 Å². The average Bonchev–Trinajstić information content (AvgIpc) is 3.33. The van der Waals surface area contributed by atoms with Crippen molar-refractivity contribution in [2.24, 2.45) is 5.92 Å². The lowest BCUT2D eigenvalue weighted by Gasteiger charge is -2.39. The van der Waals surface area contributed by atoms with Crippen molar-refractivity contribution < 1.29 is 14.7 Å². The second kappa shape index (κ2) is 9.34. The average molecular weight is 491 g/mol. The molecule has 0 spiro atoms. The second-order valence-electron chi connectivity index (χ2n) is 8.54. The van der Waals surface area contributed by atoms with Crippen molar-refractivity contribution in [3.8, 4) is 5.13 Å². The Kier molecular flexibility index (Phi) is 6.08. The van der Waals surface area contributed by atoms with Crippen LogP contribution < -0.4 is 10.3 Å². The number of aromatic carboxylic acids is 1. The molecule has 0 aromatic carbocycles. The summed E-state index contributed by atoms with van der Waals surface area (Å²) in [6.07, 6.45) is 8.29. The first-order chi connectivity index (χ1) is 16.9. The van der Waals surface area contributed by atoms with Crippen LogP contribution in [0.2, 0.25) is 0 Å². The van der Waals surface area contributed by atoms with Crippen LogP contribution in [0.15, 0.2) is 47.9 Å². The maximum absolute atomic E-state index is 12.9. The smallest absolute Gasteiger partial charge is 0.341 e. The van der Waals surface area contributed by atoms with Crippen LogP contribution in [0.5, 0.6) is 0 Å². The largest absolute Gasteiger partial charge is 0.477 e. The van der Waals surface area contributed by atoms with Crippen LogP contribution in [0.3, 0.4) is 0 Å². The summed E-state index contributed by atoms with van der Waals surface area (Å²) in [5.74, 6) is -0.488. The first-order valence-electron chi connectivity index (χ1n) is 11.2. The highest BCUT2D eigenvalue weighted by Gasteiger charge is 2.33. The molecule has 0 atom stereocenters. The third kappa shape index (κ3) is 4.42. The maximum Gasteiger partial charge on any atom is 0.341 e. The number of aromatic nitrogens is 5. The minimum atomic E-state index is -1.31. The van der Waals surface area contributed by atoms with E-state index < -0.39 is 11.4 Å². The van der Waals surface area contributed by atoms with E-state index in [0.29, 0.717) is 41.7 Å². The number of carboxylic acid groups (broad SMARTS) is 1. The van der Waals surface area contributed by atoms with Gasteiger partial charge >= 0.3 is 5.97 Å². The predicted molar refractivity (Wildman–Crippen MR) is 130 cm³/mol. The Morgan fingerprint density at radius 3 is 2.69 bits per heavy atom. The first kappa shape index (κ1) is 22.8. The van der Waals surface area contributed by atoms with Crippen molar-refractivity contribution in [3.63, 3.8) is 0 Å². The minimum absolute atomic E-state index is 0.0509. The number of hydrogen-bond acceptors (Lipinski definition) is 9. The summed E-state index contributed by atoms with van der Waals surface area (Å²) in [7, 11) is 0. The summed E-state index contributed by atoms with van der Waals surface area (Å²) in [4.78, 5) is 52.1. The van der Waals surface area contributed by atoms with Crippen molar-refractivity contribution in [3.05, 3.63) is 70.0 Å². The van der Waals surface area contributed by atoms with E-state index in [-0.39, 0.29) is 22.7 Å². The van der Waals surface area contributed by atoms with E-state index in [4.69, 9.17) is 0 Å². The fourth-order valence-corrected chi connectivity index (χ4v) is 4.81. The number of anilines is 1. The number of carbonyl (C=O) groups excluding carboxylic acids is 1. The van der Waals surface area contributed by atoms with Crippen molar-refractivity contribution in [1.82, 2.24) is 23.9 Å². The molecular weight excluding hydrogens is 468 g/mol. The van der Waals surface area contributed by atoms with Gasteiger partial charge in [0.15, 0.2) is 5.65 Å². The lowest BCUT2D eigenvalue weighted by atomic mass is 9.91. The molecule has 4 aromatic heterocycles. The Morgan fingerprint density at radius 1 is 1.23 bits per heavy atom. The molecule has 0 amide bonds. The highest BCUT2D eigenvalue weighted by Crippen LogP contribution is 2.29. The number of aryl methyl sites for hydroxylation is 2. The molecule has 178 valence electrons. The van der Waals surface area contributed by atoms with Gasteiger partial charge in [-0.15, -0.1) is 0 Å². The molecule has 0 unspecified atom stereocenters. The van der Waals surface area contributed by atoms with Gasteiger partial charge in [0.25, 0.3) is 0 Å². The Hall–Kier alpha value is -3.99. The molecule has 5 rings (SSSR count). The zero-order valence-electron chi connectivity index (χ0n) is 18.9. The third-order valence-electron chi connectivity index (χ3n) is 6.23. The number of Topliss-reactive ketones (excluding diaryl/α,β-unsaturated/α-hetero) is 1. The van der Waals surface area contributed by atoms with E-state index in [9.17, 15) is 19.5 Å². The van der Waals surface area contributed by atoms with Gasteiger partial charge in [0.05, 0.1) is 11.3 Å². The minimum Gasteiger partial charge on any atom is -0.477 e. The number of nitrogens with zero attached hydrogens (tertiary/aromatic N) is 6. The maximum atomic E-state index is 12.9. The van der Waals surface area contributed by atoms with E-state index in [0.717, 1.165) is 24.4 Å². The molecule has 35 heavy (non-hydrogen) atoms.